The van der Waals surface area contributed by atoms with E-state index in [0.717, 1.165) is 17.5 Å². The zero-order valence-electron chi connectivity index (χ0n) is 11.2. The number of carbonyl (C=O) groups excluding carboxylic acids is 1. The van der Waals surface area contributed by atoms with Crippen LogP contribution in [0.3, 0.4) is 0 Å². The van der Waals surface area contributed by atoms with Crippen molar-refractivity contribution in [1.29, 1.82) is 0 Å². The summed E-state index contributed by atoms with van der Waals surface area (Å²) in [7, 11) is 0. The largest absolute Gasteiger partial charge is 0.373 e. The molecule has 1 saturated heterocycles. The lowest BCUT2D eigenvalue weighted by Gasteiger charge is -2.34. The van der Waals surface area contributed by atoms with Gasteiger partial charge in [0.2, 0.25) is 5.91 Å². The van der Waals surface area contributed by atoms with Crippen molar-refractivity contribution in [2.24, 2.45) is 0 Å². The molecular weight excluding hydrogens is 284 g/mol. The van der Waals surface area contributed by atoms with Gasteiger partial charge in [-0.3, -0.25) is 19.8 Å². The molecule has 0 aliphatic carbocycles. The Morgan fingerprint density at radius 2 is 2.25 bits per heavy atom. The highest BCUT2D eigenvalue weighted by atomic mass is 32.1. The van der Waals surface area contributed by atoms with Gasteiger partial charge in [0.1, 0.15) is 6.20 Å². The number of nitrogens with one attached hydrogen (secondary N) is 1. The summed E-state index contributed by atoms with van der Waals surface area (Å²) in [6.45, 7) is 5.53. The number of anilines is 1. The summed E-state index contributed by atoms with van der Waals surface area (Å²) in [5.41, 5.74) is 0. The van der Waals surface area contributed by atoms with Crippen LogP contribution in [0.25, 0.3) is 0 Å². The average molecular weight is 300 g/mol. The predicted octanol–water partition coefficient (Wildman–Crippen LogP) is 1.10. The summed E-state index contributed by atoms with van der Waals surface area (Å²) >= 11 is 0.847. The number of hydrogen-bond donors (Lipinski definition) is 1. The van der Waals surface area contributed by atoms with Gasteiger partial charge in [0.25, 0.3) is 0 Å². The zero-order valence-corrected chi connectivity index (χ0v) is 12.1. The highest BCUT2D eigenvalue weighted by Crippen LogP contribution is 2.24. The van der Waals surface area contributed by atoms with Gasteiger partial charge in [-0.05, 0) is 25.2 Å². The molecule has 0 aromatic carbocycles. The molecule has 1 aliphatic rings. The fraction of sp³-hybridized carbons (Fsp3) is 0.636. The Balaban J connectivity index is 1.87. The van der Waals surface area contributed by atoms with E-state index in [1.54, 1.807) is 0 Å². The van der Waals surface area contributed by atoms with Crippen molar-refractivity contribution in [3.63, 3.8) is 0 Å². The molecule has 0 saturated carbocycles. The fourth-order valence-electron chi connectivity index (χ4n) is 2.18. The van der Waals surface area contributed by atoms with Gasteiger partial charge in [-0.2, -0.15) is 0 Å². The van der Waals surface area contributed by atoms with Crippen LogP contribution in [0, 0.1) is 10.1 Å². The number of aromatic nitrogens is 1. The summed E-state index contributed by atoms with van der Waals surface area (Å²) in [6.07, 6.45) is 1.32. The number of carbonyl (C=O) groups is 1. The number of nitrogens with zero attached hydrogens (tertiary/aromatic N) is 3. The molecular formula is C11H16N4O4S. The molecule has 0 bridgehead atoms. The summed E-state index contributed by atoms with van der Waals surface area (Å²) < 4.78 is 5.59. The maximum Gasteiger partial charge on any atom is 0.345 e. The Bertz CT molecular complexity index is 496. The maximum absolute atomic E-state index is 11.9. The molecule has 2 rings (SSSR count). The highest BCUT2D eigenvalue weighted by molar-refractivity contribution is 7.18. The molecule has 2 atom stereocenters. The molecule has 2 unspecified atom stereocenters. The van der Waals surface area contributed by atoms with Gasteiger partial charge in [-0.15, -0.1) is 0 Å². The number of hydrogen-bond acceptors (Lipinski definition) is 7. The minimum absolute atomic E-state index is 0.0890. The van der Waals surface area contributed by atoms with Crippen LogP contribution in [0.4, 0.5) is 10.1 Å². The van der Waals surface area contributed by atoms with Crippen molar-refractivity contribution < 1.29 is 14.5 Å². The first kappa shape index (κ1) is 14.8. The van der Waals surface area contributed by atoms with Crippen LogP contribution in [0.1, 0.15) is 13.8 Å². The lowest BCUT2D eigenvalue weighted by atomic mass is 10.2. The normalized spacial score (nSPS) is 23.5. The molecule has 1 aromatic heterocycles. The van der Waals surface area contributed by atoms with Crippen LogP contribution >= 0.6 is 11.3 Å². The molecule has 9 heteroatoms. The number of ether oxygens (including phenoxy) is 1. The lowest BCUT2D eigenvalue weighted by molar-refractivity contribution is -0.380. The standard InChI is InChI=1S/C11H16N4O4S/c1-7-4-14(5-8(2)19-7)6-9(16)13-11-12-3-10(20-11)15(17)18/h3,7-8H,4-6H2,1-2H3,(H,12,13,16). The van der Waals surface area contributed by atoms with Gasteiger partial charge < -0.3 is 10.1 Å². The Morgan fingerprint density at radius 3 is 2.80 bits per heavy atom. The second-order valence-corrected chi connectivity index (χ2v) is 5.77. The van der Waals surface area contributed by atoms with E-state index in [2.05, 4.69) is 10.3 Å². The molecule has 1 amide bonds. The molecule has 0 radical (unpaired) electrons. The molecule has 1 aromatic rings. The topological polar surface area (TPSA) is 97.6 Å². The van der Waals surface area contributed by atoms with Crippen molar-refractivity contribution in [1.82, 2.24) is 9.88 Å². The number of rotatable bonds is 4. The Hall–Kier alpha value is -1.58. The molecule has 1 aliphatic heterocycles. The Kier molecular flexibility index (Phi) is 4.63. The summed E-state index contributed by atoms with van der Waals surface area (Å²) in [5.74, 6) is -0.226. The third-order valence-electron chi connectivity index (χ3n) is 2.78. The van der Waals surface area contributed by atoms with Crippen LogP contribution in [0.15, 0.2) is 6.20 Å². The van der Waals surface area contributed by atoms with Gasteiger partial charge in [0, 0.05) is 13.1 Å². The number of amides is 1. The maximum atomic E-state index is 11.9. The van der Waals surface area contributed by atoms with Crippen molar-refractivity contribution >= 4 is 27.4 Å². The van der Waals surface area contributed by atoms with E-state index in [1.165, 1.54) is 0 Å². The van der Waals surface area contributed by atoms with Gasteiger partial charge >= 0.3 is 5.00 Å². The van der Waals surface area contributed by atoms with E-state index in [0.29, 0.717) is 13.1 Å². The van der Waals surface area contributed by atoms with Crippen LogP contribution in [-0.2, 0) is 9.53 Å². The third kappa shape index (κ3) is 3.95. The van der Waals surface area contributed by atoms with Gasteiger partial charge in [0.15, 0.2) is 5.13 Å². The molecule has 8 nitrogen and oxygen atoms in total. The molecule has 1 fully saturated rings. The van der Waals surface area contributed by atoms with Crippen molar-refractivity contribution in [2.45, 2.75) is 26.1 Å². The predicted molar refractivity (Wildman–Crippen MR) is 73.8 cm³/mol. The first-order valence-corrected chi connectivity index (χ1v) is 7.03. The SMILES string of the molecule is CC1CN(CC(=O)Nc2ncc([N+](=O)[O-])s2)CC(C)O1. The average Bonchev–Trinajstić information content (AvgIpc) is 2.75. The fourth-order valence-corrected chi connectivity index (χ4v) is 2.83. The number of nitro groups is 1. The third-order valence-corrected chi connectivity index (χ3v) is 3.65. The van der Waals surface area contributed by atoms with Crippen LogP contribution in [0.5, 0.6) is 0 Å². The van der Waals surface area contributed by atoms with E-state index in [1.807, 2.05) is 18.7 Å². The highest BCUT2D eigenvalue weighted by Gasteiger charge is 2.24. The van der Waals surface area contributed by atoms with E-state index in [9.17, 15) is 14.9 Å². The smallest absolute Gasteiger partial charge is 0.345 e. The minimum Gasteiger partial charge on any atom is -0.373 e. The Morgan fingerprint density at radius 1 is 1.60 bits per heavy atom. The van der Waals surface area contributed by atoms with Gasteiger partial charge in [-0.1, -0.05) is 0 Å². The molecule has 20 heavy (non-hydrogen) atoms. The number of morpholine rings is 1. The van der Waals surface area contributed by atoms with Gasteiger partial charge in [0.05, 0.1) is 23.7 Å². The summed E-state index contributed by atoms with van der Waals surface area (Å²) in [5, 5.41) is 13.3. The van der Waals surface area contributed by atoms with Gasteiger partial charge in [-0.25, -0.2) is 4.98 Å². The zero-order chi connectivity index (χ0) is 14.7. The van der Waals surface area contributed by atoms with E-state index in [-0.39, 0.29) is 34.8 Å². The number of thiazole rings is 1. The second kappa shape index (κ2) is 6.25. The quantitative estimate of drug-likeness (QED) is 0.660. The Labute approximate surface area is 119 Å². The van der Waals surface area contributed by atoms with E-state index >= 15 is 0 Å². The first-order chi connectivity index (χ1) is 9.44. The van der Waals surface area contributed by atoms with Crippen molar-refractivity contribution in [3.8, 4) is 0 Å². The summed E-state index contributed by atoms with van der Waals surface area (Å²) in [6, 6.07) is 0. The van der Waals surface area contributed by atoms with Crippen LogP contribution < -0.4 is 5.32 Å². The lowest BCUT2D eigenvalue weighted by Crippen LogP contribution is -2.48. The second-order valence-electron chi connectivity index (χ2n) is 4.76. The first-order valence-electron chi connectivity index (χ1n) is 6.22. The van der Waals surface area contributed by atoms with Crippen molar-refractivity contribution in [3.05, 3.63) is 16.3 Å². The summed E-state index contributed by atoms with van der Waals surface area (Å²) in [4.78, 5) is 27.7. The molecule has 1 N–H and O–H groups in total. The molecule has 0 spiro atoms. The minimum atomic E-state index is -0.529. The van der Waals surface area contributed by atoms with Crippen molar-refractivity contribution in [2.75, 3.05) is 25.0 Å². The monoisotopic (exact) mass is 300 g/mol. The van der Waals surface area contributed by atoms with Crippen LogP contribution in [-0.4, -0.2) is 52.6 Å². The molecule has 110 valence electrons. The van der Waals surface area contributed by atoms with E-state index in [4.69, 9.17) is 4.74 Å². The molecule has 2 heterocycles. The van der Waals surface area contributed by atoms with E-state index < -0.39 is 4.92 Å². The van der Waals surface area contributed by atoms with Crippen LogP contribution in [0.2, 0.25) is 0 Å².